The first-order valence-electron chi connectivity index (χ1n) is 6.64. The number of nitro groups is 1. The van der Waals surface area contributed by atoms with Crippen LogP contribution in [0.1, 0.15) is 13.8 Å². The number of aryl methyl sites for hydroxylation is 1. The molecule has 0 aliphatic carbocycles. The number of nitrogens with zero attached hydrogens (tertiary/aromatic N) is 3. The minimum Gasteiger partial charge on any atom is -0.490 e. The summed E-state index contributed by atoms with van der Waals surface area (Å²) >= 11 is 0. The van der Waals surface area contributed by atoms with Crippen molar-refractivity contribution in [1.29, 1.82) is 0 Å². The minimum atomic E-state index is -0.472. The number of hydrogen-bond acceptors (Lipinski definition) is 5. The van der Waals surface area contributed by atoms with E-state index in [0.717, 1.165) is 0 Å². The van der Waals surface area contributed by atoms with Crippen molar-refractivity contribution < 1.29 is 14.4 Å². The molecule has 1 aromatic carbocycles. The molecule has 1 heterocycles. The van der Waals surface area contributed by atoms with Crippen molar-refractivity contribution in [2.75, 3.05) is 13.2 Å². The van der Waals surface area contributed by atoms with Gasteiger partial charge >= 0.3 is 5.69 Å². The summed E-state index contributed by atoms with van der Waals surface area (Å²) in [5, 5.41) is 11.3. The van der Waals surface area contributed by atoms with Gasteiger partial charge in [0.15, 0.2) is 5.75 Å². The maximum absolute atomic E-state index is 11.3. The lowest BCUT2D eigenvalue weighted by molar-refractivity contribution is -0.385. The van der Waals surface area contributed by atoms with E-state index in [0.29, 0.717) is 30.4 Å². The van der Waals surface area contributed by atoms with Gasteiger partial charge in [0.2, 0.25) is 5.75 Å². The van der Waals surface area contributed by atoms with Crippen LogP contribution >= 0.6 is 0 Å². The van der Waals surface area contributed by atoms with E-state index in [-0.39, 0.29) is 11.4 Å². The van der Waals surface area contributed by atoms with Crippen LogP contribution in [0.15, 0.2) is 24.5 Å². The van der Waals surface area contributed by atoms with Crippen molar-refractivity contribution in [3.05, 3.63) is 34.6 Å². The quantitative estimate of drug-likeness (QED) is 0.604. The van der Waals surface area contributed by atoms with Crippen molar-refractivity contribution in [2.24, 2.45) is 7.05 Å². The number of imidazole rings is 1. The third kappa shape index (κ3) is 2.96. The highest BCUT2D eigenvalue weighted by atomic mass is 16.6. The fourth-order valence-electron chi connectivity index (χ4n) is 2.05. The predicted molar refractivity (Wildman–Crippen MR) is 77.6 cm³/mol. The SMILES string of the molecule is CCOc1cc(-c2nccn2C)cc([N+](=O)[O-])c1OCC. The Morgan fingerprint density at radius 3 is 2.52 bits per heavy atom. The van der Waals surface area contributed by atoms with Gasteiger partial charge in [0.1, 0.15) is 5.82 Å². The van der Waals surface area contributed by atoms with E-state index in [1.807, 2.05) is 14.0 Å². The van der Waals surface area contributed by atoms with Gasteiger partial charge in [0.25, 0.3) is 0 Å². The molecule has 2 aromatic rings. The van der Waals surface area contributed by atoms with E-state index in [4.69, 9.17) is 9.47 Å². The van der Waals surface area contributed by atoms with E-state index < -0.39 is 4.92 Å². The highest BCUT2D eigenvalue weighted by Gasteiger charge is 2.23. The molecule has 21 heavy (non-hydrogen) atoms. The smallest absolute Gasteiger partial charge is 0.315 e. The third-order valence-electron chi connectivity index (χ3n) is 2.90. The molecule has 0 radical (unpaired) electrons. The Balaban J connectivity index is 2.64. The van der Waals surface area contributed by atoms with Gasteiger partial charge in [-0.2, -0.15) is 0 Å². The number of benzene rings is 1. The fourth-order valence-corrected chi connectivity index (χ4v) is 2.05. The highest BCUT2D eigenvalue weighted by Crippen LogP contribution is 2.41. The number of hydrogen-bond donors (Lipinski definition) is 0. The molecule has 0 saturated heterocycles. The molecule has 0 saturated carbocycles. The fraction of sp³-hybridized carbons (Fsp3) is 0.357. The average molecular weight is 291 g/mol. The lowest BCUT2D eigenvalue weighted by atomic mass is 10.1. The third-order valence-corrected chi connectivity index (χ3v) is 2.90. The monoisotopic (exact) mass is 291 g/mol. The molecule has 112 valence electrons. The first-order valence-corrected chi connectivity index (χ1v) is 6.64. The van der Waals surface area contributed by atoms with Crippen LogP contribution in [-0.4, -0.2) is 27.7 Å². The maximum Gasteiger partial charge on any atom is 0.315 e. The van der Waals surface area contributed by atoms with Gasteiger partial charge < -0.3 is 14.0 Å². The largest absolute Gasteiger partial charge is 0.490 e. The minimum absolute atomic E-state index is 0.124. The summed E-state index contributed by atoms with van der Waals surface area (Å²) < 4.78 is 12.7. The van der Waals surface area contributed by atoms with E-state index >= 15 is 0 Å². The van der Waals surface area contributed by atoms with Crippen LogP contribution in [0, 0.1) is 10.1 Å². The van der Waals surface area contributed by atoms with Crippen LogP contribution in [0.2, 0.25) is 0 Å². The van der Waals surface area contributed by atoms with Crippen molar-refractivity contribution in [1.82, 2.24) is 9.55 Å². The van der Waals surface area contributed by atoms with Crippen molar-refractivity contribution in [2.45, 2.75) is 13.8 Å². The zero-order valence-electron chi connectivity index (χ0n) is 12.2. The lowest BCUT2D eigenvalue weighted by Crippen LogP contribution is -2.03. The molecule has 7 nitrogen and oxygen atoms in total. The molecule has 2 rings (SSSR count). The topological polar surface area (TPSA) is 79.4 Å². The van der Waals surface area contributed by atoms with Gasteiger partial charge in [0, 0.05) is 31.1 Å². The molecule has 0 aliphatic rings. The molecule has 0 spiro atoms. The van der Waals surface area contributed by atoms with Crippen molar-refractivity contribution in [3.63, 3.8) is 0 Å². The Morgan fingerprint density at radius 2 is 2.00 bits per heavy atom. The first-order chi connectivity index (χ1) is 10.1. The van der Waals surface area contributed by atoms with Crippen LogP contribution < -0.4 is 9.47 Å². The number of aromatic nitrogens is 2. The Morgan fingerprint density at radius 1 is 1.29 bits per heavy atom. The molecular weight excluding hydrogens is 274 g/mol. The summed E-state index contributed by atoms with van der Waals surface area (Å²) in [6.07, 6.45) is 3.41. The standard InChI is InChI=1S/C14H17N3O4/c1-4-20-12-9-10(14-15-6-7-16(14)3)8-11(17(18)19)13(12)21-5-2/h6-9H,4-5H2,1-3H3. The average Bonchev–Trinajstić information content (AvgIpc) is 2.87. The molecule has 0 amide bonds. The lowest BCUT2D eigenvalue weighted by Gasteiger charge is -2.13. The summed E-state index contributed by atoms with van der Waals surface area (Å²) in [5.41, 5.74) is 0.488. The zero-order valence-corrected chi connectivity index (χ0v) is 12.2. The second-order valence-corrected chi connectivity index (χ2v) is 4.31. The van der Waals surface area contributed by atoms with E-state index in [1.54, 1.807) is 30.0 Å². The summed E-state index contributed by atoms with van der Waals surface area (Å²) in [4.78, 5) is 15.0. The second kappa shape index (κ2) is 6.25. The van der Waals surface area contributed by atoms with Crippen LogP contribution in [-0.2, 0) is 7.05 Å². The highest BCUT2D eigenvalue weighted by molar-refractivity contribution is 5.69. The van der Waals surface area contributed by atoms with Gasteiger partial charge in [-0.15, -0.1) is 0 Å². The molecular formula is C14H17N3O4. The number of rotatable bonds is 6. The first kappa shape index (κ1) is 14.8. The van der Waals surface area contributed by atoms with Gasteiger partial charge in [-0.1, -0.05) is 0 Å². The molecule has 0 atom stereocenters. The molecule has 1 aromatic heterocycles. The van der Waals surface area contributed by atoms with E-state index in [1.165, 1.54) is 6.07 Å². The summed E-state index contributed by atoms with van der Waals surface area (Å²) in [6, 6.07) is 3.17. The van der Waals surface area contributed by atoms with Crippen LogP contribution in [0.25, 0.3) is 11.4 Å². The normalized spacial score (nSPS) is 10.4. The second-order valence-electron chi connectivity index (χ2n) is 4.31. The zero-order chi connectivity index (χ0) is 15.4. The van der Waals surface area contributed by atoms with Crippen LogP contribution in [0.5, 0.6) is 11.5 Å². The maximum atomic E-state index is 11.3. The van der Waals surface area contributed by atoms with Crippen molar-refractivity contribution >= 4 is 5.69 Å². The summed E-state index contributed by atoms with van der Waals surface area (Å²) in [5.74, 6) is 1.14. The van der Waals surface area contributed by atoms with Gasteiger partial charge in [0.05, 0.1) is 18.1 Å². The van der Waals surface area contributed by atoms with Gasteiger partial charge in [-0.3, -0.25) is 10.1 Å². The van der Waals surface area contributed by atoms with Gasteiger partial charge in [-0.25, -0.2) is 4.98 Å². The molecule has 0 bridgehead atoms. The molecule has 7 heteroatoms. The Labute approximate surface area is 122 Å². The van der Waals surface area contributed by atoms with Crippen LogP contribution in [0.4, 0.5) is 5.69 Å². The molecule has 0 N–H and O–H groups in total. The van der Waals surface area contributed by atoms with Gasteiger partial charge in [-0.05, 0) is 19.9 Å². The Hall–Kier alpha value is -2.57. The molecule has 0 fully saturated rings. The number of nitro benzene ring substituents is 1. The molecule has 0 unspecified atom stereocenters. The Kier molecular flexibility index (Phi) is 4.42. The summed E-state index contributed by atoms with van der Waals surface area (Å²) in [7, 11) is 1.82. The van der Waals surface area contributed by atoms with Crippen molar-refractivity contribution in [3.8, 4) is 22.9 Å². The number of ether oxygens (including phenoxy) is 2. The Bertz CT molecular complexity index is 652. The predicted octanol–water partition coefficient (Wildman–Crippen LogP) is 2.79. The van der Waals surface area contributed by atoms with E-state index in [9.17, 15) is 10.1 Å². The summed E-state index contributed by atoms with van der Waals surface area (Å²) in [6.45, 7) is 4.30. The van der Waals surface area contributed by atoms with E-state index in [2.05, 4.69) is 4.98 Å². The molecule has 0 aliphatic heterocycles. The van der Waals surface area contributed by atoms with Crippen LogP contribution in [0.3, 0.4) is 0 Å².